The molecule has 2 rings (SSSR count). The minimum atomic E-state index is 0.712. The van der Waals surface area contributed by atoms with Gasteiger partial charge in [-0.2, -0.15) is 5.10 Å². The normalized spacial score (nSPS) is 10.6. The molecule has 4 heteroatoms. The quantitative estimate of drug-likeness (QED) is 0.767. The second kappa shape index (κ2) is 4.79. The number of nitrogens with two attached hydrogens (primary N) is 1. The largest absolute Gasteiger partial charge is 0.398 e. The van der Waals surface area contributed by atoms with Gasteiger partial charge in [0.15, 0.2) is 5.82 Å². The molecule has 0 radical (unpaired) electrons. The van der Waals surface area contributed by atoms with Crippen LogP contribution >= 0.6 is 0 Å². The van der Waals surface area contributed by atoms with E-state index in [0.717, 1.165) is 35.7 Å². The summed E-state index contributed by atoms with van der Waals surface area (Å²) in [4.78, 5) is 4.41. The first-order valence-electron chi connectivity index (χ1n) is 5.53. The fourth-order valence-corrected chi connectivity index (χ4v) is 1.62. The van der Waals surface area contributed by atoms with Crippen LogP contribution in [0.25, 0.3) is 0 Å². The van der Waals surface area contributed by atoms with Gasteiger partial charge >= 0.3 is 0 Å². The minimum Gasteiger partial charge on any atom is -0.398 e. The molecule has 0 saturated carbocycles. The number of H-pyrrole nitrogens is 1. The number of nitrogens with one attached hydrogen (secondary N) is 1. The molecule has 3 N–H and O–H groups in total. The van der Waals surface area contributed by atoms with Gasteiger partial charge in [-0.15, -0.1) is 0 Å². The summed E-state index contributed by atoms with van der Waals surface area (Å²) in [6, 6.07) is 7.83. The van der Waals surface area contributed by atoms with E-state index in [1.165, 1.54) is 0 Å². The van der Waals surface area contributed by atoms with E-state index >= 15 is 0 Å². The maximum Gasteiger partial charge on any atom is 0.150 e. The number of hydrogen-bond donors (Lipinski definition) is 2. The van der Waals surface area contributed by atoms with Crippen molar-refractivity contribution in [2.75, 3.05) is 5.73 Å². The Kier molecular flexibility index (Phi) is 3.19. The molecular formula is C12H16N4. The van der Waals surface area contributed by atoms with Crippen LogP contribution in [-0.2, 0) is 12.8 Å². The van der Waals surface area contributed by atoms with E-state index in [9.17, 15) is 0 Å². The highest BCUT2D eigenvalue weighted by atomic mass is 15.2. The summed E-state index contributed by atoms with van der Waals surface area (Å²) in [7, 11) is 0. The third-order valence-electron chi connectivity index (χ3n) is 2.46. The molecule has 0 aliphatic carbocycles. The van der Waals surface area contributed by atoms with Gasteiger partial charge in [0.1, 0.15) is 5.82 Å². The average Bonchev–Trinajstić information content (AvgIpc) is 2.70. The molecule has 1 heterocycles. The zero-order chi connectivity index (χ0) is 11.4. The van der Waals surface area contributed by atoms with E-state index in [1.54, 1.807) is 0 Å². The molecule has 0 amide bonds. The molecule has 4 nitrogen and oxygen atoms in total. The smallest absolute Gasteiger partial charge is 0.150 e. The standard InChI is InChI=1S/C12H16N4/c1-2-5-11-14-12(16-15-11)8-9-6-3-4-7-10(9)13/h3-4,6-7H,2,5,8,13H2,1H3,(H,14,15,16). The molecule has 0 unspecified atom stereocenters. The van der Waals surface area contributed by atoms with Crippen LogP contribution < -0.4 is 5.73 Å². The Hall–Kier alpha value is -1.84. The fourth-order valence-electron chi connectivity index (χ4n) is 1.62. The molecule has 0 fully saturated rings. The lowest BCUT2D eigenvalue weighted by Crippen LogP contribution is -1.96. The number of benzene rings is 1. The molecule has 0 bridgehead atoms. The second-order valence-corrected chi connectivity index (χ2v) is 3.82. The summed E-state index contributed by atoms with van der Waals surface area (Å²) >= 11 is 0. The number of hydrogen-bond acceptors (Lipinski definition) is 3. The van der Waals surface area contributed by atoms with Gasteiger partial charge in [0.25, 0.3) is 0 Å². The molecule has 1 aromatic carbocycles. The number of nitrogens with zero attached hydrogens (tertiary/aromatic N) is 2. The van der Waals surface area contributed by atoms with E-state index in [4.69, 9.17) is 5.73 Å². The lowest BCUT2D eigenvalue weighted by atomic mass is 10.1. The van der Waals surface area contributed by atoms with Crippen LogP contribution in [-0.4, -0.2) is 15.2 Å². The number of para-hydroxylation sites is 1. The number of aromatic amines is 1. The van der Waals surface area contributed by atoms with E-state index in [-0.39, 0.29) is 0 Å². The lowest BCUT2D eigenvalue weighted by molar-refractivity contribution is 0.841. The maximum absolute atomic E-state index is 5.87. The van der Waals surface area contributed by atoms with E-state index < -0.39 is 0 Å². The number of aromatic nitrogens is 3. The van der Waals surface area contributed by atoms with Crippen LogP contribution in [0.2, 0.25) is 0 Å². The van der Waals surface area contributed by atoms with Crippen LogP contribution in [0, 0.1) is 0 Å². The van der Waals surface area contributed by atoms with Gasteiger partial charge in [0.2, 0.25) is 0 Å². The Balaban J connectivity index is 2.11. The molecule has 1 aromatic heterocycles. The number of aryl methyl sites for hydroxylation is 1. The Morgan fingerprint density at radius 2 is 2.12 bits per heavy atom. The first-order valence-corrected chi connectivity index (χ1v) is 5.53. The highest BCUT2D eigenvalue weighted by Gasteiger charge is 2.05. The van der Waals surface area contributed by atoms with Crippen LogP contribution in [0.3, 0.4) is 0 Å². The molecule has 84 valence electrons. The summed E-state index contributed by atoms with van der Waals surface area (Å²) in [5.41, 5.74) is 7.76. The van der Waals surface area contributed by atoms with Crippen molar-refractivity contribution in [3.63, 3.8) is 0 Å². The molecule has 0 spiro atoms. The first kappa shape index (κ1) is 10.7. The van der Waals surface area contributed by atoms with Crippen molar-refractivity contribution >= 4 is 5.69 Å². The maximum atomic E-state index is 5.87. The van der Waals surface area contributed by atoms with Crippen LogP contribution in [0.1, 0.15) is 30.6 Å². The van der Waals surface area contributed by atoms with Gasteiger partial charge < -0.3 is 5.73 Å². The predicted molar refractivity (Wildman–Crippen MR) is 64.0 cm³/mol. The van der Waals surface area contributed by atoms with Gasteiger partial charge in [-0.1, -0.05) is 25.1 Å². The highest BCUT2D eigenvalue weighted by Crippen LogP contribution is 2.13. The molecule has 0 aliphatic heterocycles. The van der Waals surface area contributed by atoms with E-state index in [1.807, 2.05) is 24.3 Å². The van der Waals surface area contributed by atoms with Crippen molar-refractivity contribution in [1.29, 1.82) is 0 Å². The van der Waals surface area contributed by atoms with Gasteiger partial charge in [-0.25, -0.2) is 4.98 Å². The third-order valence-corrected chi connectivity index (χ3v) is 2.46. The second-order valence-electron chi connectivity index (χ2n) is 3.82. The van der Waals surface area contributed by atoms with Crippen LogP contribution in [0.5, 0.6) is 0 Å². The predicted octanol–water partition coefficient (Wildman–Crippen LogP) is 1.93. The van der Waals surface area contributed by atoms with Gasteiger partial charge in [0, 0.05) is 18.5 Å². The molecular weight excluding hydrogens is 200 g/mol. The molecule has 0 atom stereocenters. The Bertz CT molecular complexity index is 462. The Labute approximate surface area is 94.9 Å². The fraction of sp³-hybridized carbons (Fsp3) is 0.333. The van der Waals surface area contributed by atoms with Crippen molar-refractivity contribution in [1.82, 2.24) is 15.2 Å². The number of anilines is 1. The summed E-state index contributed by atoms with van der Waals surface area (Å²) in [6.07, 6.45) is 2.69. The monoisotopic (exact) mass is 216 g/mol. The van der Waals surface area contributed by atoms with Crippen LogP contribution in [0.15, 0.2) is 24.3 Å². The first-order chi connectivity index (χ1) is 7.79. The number of nitrogen functional groups attached to an aromatic ring is 1. The van der Waals surface area contributed by atoms with Gasteiger partial charge in [-0.05, 0) is 18.1 Å². The SMILES string of the molecule is CCCc1n[nH]c(Cc2ccccc2N)n1. The Morgan fingerprint density at radius 3 is 2.88 bits per heavy atom. The average molecular weight is 216 g/mol. The van der Waals surface area contributed by atoms with Gasteiger partial charge in [0.05, 0.1) is 0 Å². The summed E-state index contributed by atoms with van der Waals surface area (Å²) in [5.74, 6) is 1.76. The molecule has 16 heavy (non-hydrogen) atoms. The van der Waals surface area contributed by atoms with Crippen LogP contribution in [0.4, 0.5) is 5.69 Å². The van der Waals surface area contributed by atoms with E-state index in [2.05, 4.69) is 22.1 Å². The molecule has 2 aromatic rings. The zero-order valence-corrected chi connectivity index (χ0v) is 9.40. The van der Waals surface area contributed by atoms with Crippen molar-refractivity contribution in [3.8, 4) is 0 Å². The Morgan fingerprint density at radius 1 is 1.31 bits per heavy atom. The van der Waals surface area contributed by atoms with Gasteiger partial charge in [-0.3, -0.25) is 5.10 Å². The molecule has 0 aliphatic rings. The number of rotatable bonds is 4. The summed E-state index contributed by atoms with van der Waals surface area (Å²) < 4.78 is 0. The minimum absolute atomic E-state index is 0.712. The van der Waals surface area contributed by atoms with Crippen molar-refractivity contribution in [2.45, 2.75) is 26.2 Å². The van der Waals surface area contributed by atoms with Crippen molar-refractivity contribution in [2.24, 2.45) is 0 Å². The van der Waals surface area contributed by atoms with Crippen molar-refractivity contribution in [3.05, 3.63) is 41.5 Å². The molecule has 0 saturated heterocycles. The summed E-state index contributed by atoms with van der Waals surface area (Å²) in [6.45, 7) is 2.12. The zero-order valence-electron chi connectivity index (χ0n) is 9.40. The third kappa shape index (κ3) is 2.39. The van der Waals surface area contributed by atoms with E-state index in [0.29, 0.717) is 6.42 Å². The lowest BCUT2D eigenvalue weighted by Gasteiger charge is -2.01. The summed E-state index contributed by atoms with van der Waals surface area (Å²) in [5, 5.41) is 7.10. The van der Waals surface area contributed by atoms with Crippen molar-refractivity contribution < 1.29 is 0 Å². The highest BCUT2D eigenvalue weighted by molar-refractivity contribution is 5.47. The topological polar surface area (TPSA) is 67.6 Å².